The maximum absolute atomic E-state index is 11.9. The van der Waals surface area contributed by atoms with Crippen LogP contribution in [-0.4, -0.2) is 74.2 Å². The monoisotopic (exact) mass is 859 g/mol. The minimum absolute atomic E-state index is 0.0208. The zero-order valence-corrected chi connectivity index (χ0v) is 41.7. The molecule has 0 unspecified atom stereocenters. The quantitative estimate of drug-likeness (QED) is 0.279. The minimum Gasteiger partial charge on any atom is -0.380 e. The summed E-state index contributed by atoms with van der Waals surface area (Å²) < 4.78 is 50.4. The van der Waals surface area contributed by atoms with Crippen LogP contribution in [0.2, 0.25) is 0 Å². The van der Waals surface area contributed by atoms with Gasteiger partial charge in [0.1, 0.15) is 0 Å². The molecule has 1 saturated carbocycles. The van der Waals surface area contributed by atoms with Gasteiger partial charge < -0.3 is 15.0 Å². The Morgan fingerprint density at radius 3 is 1.37 bits per heavy atom. The van der Waals surface area contributed by atoms with E-state index in [0.717, 1.165) is 25.9 Å². The van der Waals surface area contributed by atoms with Crippen LogP contribution in [0, 0.1) is 12.3 Å². The SMILES string of the molecule is CC.CC(C)(C)C(=O)N1CCOCC1.CC(C)(C)Nc1ccccc1.CC(C)(C)S(=O)(=O)C1CC1.CC(C)(C)S(=O)(=O)c1ccccc1.Cc1ccc(C(C)(C)C)cc1. The van der Waals surface area contributed by atoms with E-state index < -0.39 is 29.2 Å². The number of aryl methyl sites for hydroxylation is 1. The summed E-state index contributed by atoms with van der Waals surface area (Å²) in [5.41, 5.74) is 4.10. The highest BCUT2D eigenvalue weighted by molar-refractivity contribution is 7.93. The Balaban J connectivity index is 0.000000706. The highest BCUT2D eigenvalue weighted by Crippen LogP contribution is 2.35. The number of nitrogens with one attached hydrogen (secondary N) is 1. The second kappa shape index (κ2) is 23.7. The van der Waals surface area contributed by atoms with Crippen molar-refractivity contribution in [1.29, 1.82) is 0 Å². The summed E-state index contributed by atoms with van der Waals surface area (Å²) in [6.45, 7) is 38.4. The minimum atomic E-state index is -3.18. The summed E-state index contributed by atoms with van der Waals surface area (Å²) in [5.74, 6) is 0.228. The van der Waals surface area contributed by atoms with Crippen molar-refractivity contribution in [1.82, 2.24) is 4.90 Å². The van der Waals surface area contributed by atoms with E-state index in [1.165, 1.54) is 16.8 Å². The van der Waals surface area contributed by atoms with Crippen molar-refractivity contribution in [3.63, 3.8) is 0 Å². The molecule has 0 radical (unpaired) electrons. The molecule has 1 amide bonds. The second-order valence-corrected chi connectivity index (χ2v) is 25.5. The molecule has 0 bridgehead atoms. The molecule has 59 heavy (non-hydrogen) atoms. The molecule has 1 heterocycles. The third kappa shape index (κ3) is 21.2. The molecule has 336 valence electrons. The van der Waals surface area contributed by atoms with Gasteiger partial charge >= 0.3 is 0 Å². The van der Waals surface area contributed by atoms with Crippen LogP contribution in [0.15, 0.2) is 89.8 Å². The van der Waals surface area contributed by atoms with Crippen molar-refractivity contribution < 1.29 is 26.4 Å². The van der Waals surface area contributed by atoms with E-state index in [1.807, 2.05) is 63.8 Å². The number of carbonyl (C=O) groups excluding carboxylic acids is 1. The van der Waals surface area contributed by atoms with Crippen molar-refractivity contribution in [3.05, 3.63) is 96.1 Å². The van der Waals surface area contributed by atoms with E-state index in [2.05, 4.69) is 90.2 Å². The molecule has 0 aromatic heterocycles. The van der Waals surface area contributed by atoms with E-state index in [0.29, 0.717) is 18.1 Å². The highest BCUT2D eigenvalue weighted by Gasteiger charge is 2.43. The Morgan fingerprint density at radius 1 is 0.627 bits per heavy atom. The largest absolute Gasteiger partial charge is 0.380 e. The number of benzene rings is 3. The molecule has 5 rings (SSSR count). The molecule has 1 aliphatic heterocycles. The number of amides is 1. The van der Waals surface area contributed by atoms with Crippen LogP contribution >= 0.6 is 0 Å². The average Bonchev–Trinajstić information content (AvgIpc) is 3.99. The Morgan fingerprint density at radius 2 is 1.05 bits per heavy atom. The number of morpholine rings is 1. The third-order valence-electron chi connectivity index (χ3n) is 8.83. The van der Waals surface area contributed by atoms with E-state index in [1.54, 1.807) is 65.8 Å². The molecule has 3 aromatic rings. The van der Waals surface area contributed by atoms with Gasteiger partial charge in [-0.25, -0.2) is 16.8 Å². The Kier molecular flexibility index (Phi) is 22.4. The molecule has 2 aliphatic rings. The van der Waals surface area contributed by atoms with Crippen LogP contribution < -0.4 is 5.32 Å². The topological polar surface area (TPSA) is 110 Å². The predicted octanol–water partition coefficient (Wildman–Crippen LogP) is 11.7. The van der Waals surface area contributed by atoms with Crippen LogP contribution in [0.25, 0.3) is 0 Å². The fourth-order valence-electron chi connectivity index (χ4n) is 5.08. The summed E-state index contributed by atoms with van der Waals surface area (Å²) >= 11 is 0. The Bertz CT molecular complexity index is 1830. The molecule has 2 fully saturated rings. The van der Waals surface area contributed by atoms with Gasteiger partial charge in [0.25, 0.3) is 0 Å². The number of carbonyl (C=O) groups is 1. The van der Waals surface area contributed by atoms with Crippen molar-refractivity contribution >= 4 is 31.3 Å². The molecule has 0 spiro atoms. The summed E-state index contributed by atoms with van der Waals surface area (Å²) in [7, 11) is -5.98. The van der Waals surface area contributed by atoms with Crippen LogP contribution in [0.4, 0.5) is 5.69 Å². The predicted molar refractivity (Wildman–Crippen MR) is 253 cm³/mol. The first-order chi connectivity index (χ1) is 26.8. The fourth-order valence-corrected chi connectivity index (χ4v) is 8.06. The Hall–Kier alpha value is -3.21. The van der Waals surface area contributed by atoms with Gasteiger partial charge in [0.15, 0.2) is 19.7 Å². The van der Waals surface area contributed by atoms with Crippen LogP contribution in [-0.2, 0) is 34.6 Å². The zero-order valence-electron chi connectivity index (χ0n) is 40.1. The van der Waals surface area contributed by atoms with Crippen LogP contribution in [0.5, 0.6) is 0 Å². The lowest BCUT2D eigenvalue weighted by Gasteiger charge is -2.32. The molecule has 0 atom stereocenters. The van der Waals surface area contributed by atoms with Gasteiger partial charge in [-0.05, 0) is 117 Å². The van der Waals surface area contributed by atoms with Crippen molar-refractivity contribution in [3.8, 4) is 0 Å². The number of para-hydroxylation sites is 1. The van der Waals surface area contributed by atoms with Gasteiger partial charge in [-0.15, -0.1) is 0 Å². The van der Waals surface area contributed by atoms with Gasteiger partial charge in [0.2, 0.25) is 5.91 Å². The number of ether oxygens (including phenoxy) is 1. The van der Waals surface area contributed by atoms with Gasteiger partial charge in [-0.1, -0.05) is 122 Å². The summed E-state index contributed by atoms with van der Waals surface area (Å²) in [4.78, 5) is 14.0. The van der Waals surface area contributed by atoms with E-state index in [4.69, 9.17) is 4.74 Å². The molecule has 1 N–H and O–H groups in total. The number of anilines is 1. The summed E-state index contributed by atoms with van der Waals surface area (Å²) in [5, 5.41) is 3.36. The first kappa shape index (κ1) is 55.8. The maximum Gasteiger partial charge on any atom is 0.228 e. The number of hydrogen-bond donors (Lipinski definition) is 1. The summed E-state index contributed by atoms with van der Waals surface area (Å²) in [6.07, 6.45) is 1.75. The lowest BCUT2D eigenvalue weighted by atomic mass is 9.87. The average molecular weight is 859 g/mol. The molecule has 3 aromatic carbocycles. The molecule has 10 heteroatoms. The number of nitrogens with zero attached hydrogens (tertiary/aromatic N) is 1. The lowest BCUT2D eigenvalue weighted by Crippen LogP contribution is -2.45. The molecular formula is C49H82N2O6S2. The molecule has 1 aliphatic carbocycles. The normalized spacial score (nSPS) is 14.7. The molecule has 1 saturated heterocycles. The Labute approximate surface area is 362 Å². The van der Waals surface area contributed by atoms with Crippen molar-refractivity contribution in [2.75, 3.05) is 31.6 Å². The van der Waals surface area contributed by atoms with Gasteiger partial charge in [0, 0.05) is 29.7 Å². The first-order valence-corrected chi connectivity index (χ1v) is 24.1. The summed E-state index contributed by atoms with van der Waals surface area (Å²) in [6, 6.07) is 27.5. The molecular weight excluding hydrogens is 777 g/mol. The molecule has 8 nitrogen and oxygen atoms in total. The van der Waals surface area contributed by atoms with Gasteiger partial charge in [0.05, 0.1) is 32.9 Å². The van der Waals surface area contributed by atoms with E-state index in [9.17, 15) is 21.6 Å². The number of rotatable bonds is 3. The van der Waals surface area contributed by atoms with E-state index in [-0.39, 0.29) is 27.5 Å². The van der Waals surface area contributed by atoms with Crippen LogP contribution in [0.1, 0.15) is 142 Å². The van der Waals surface area contributed by atoms with Crippen LogP contribution in [0.3, 0.4) is 0 Å². The van der Waals surface area contributed by atoms with E-state index >= 15 is 0 Å². The second-order valence-electron chi connectivity index (χ2n) is 19.8. The van der Waals surface area contributed by atoms with Crippen molar-refractivity contribution in [2.45, 2.75) is 168 Å². The fraction of sp³-hybridized carbons (Fsp3) is 0.612. The maximum atomic E-state index is 11.9. The highest BCUT2D eigenvalue weighted by atomic mass is 32.2. The standard InChI is InChI=1S/C11H16.C10H15N.C10H14O2S.C9H17NO2.C7H14O2S.C2H6/c1-9-5-7-10(8-6-9)11(2,3)4;1-10(2,3)11-9-7-5-4-6-8-9;1-10(2,3)13(11,12)9-7-5-4-6-8-9;1-9(2,3)8(11)10-4-6-12-7-5-10;1-7(2,3)10(8,9)6-4-5-6;1-2/h5-8H,1-4H3;4-8,11H,1-3H3;4-8H,1-3H3;4-7H2,1-3H3;6H,4-5H2,1-3H3;1-2H3. The smallest absolute Gasteiger partial charge is 0.228 e. The van der Waals surface area contributed by atoms with Crippen molar-refractivity contribution in [2.24, 2.45) is 5.41 Å². The number of sulfone groups is 2. The lowest BCUT2D eigenvalue weighted by molar-refractivity contribution is -0.143. The van der Waals surface area contributed by atoms with Gasteiger partial charge in [-0.2, -0.15) is 0 Å². The van der Waals surface area contributed by atoms with Gasteiger partial charge in [-0.3, -0.25) is 4.79 Å². The number of hydrogen-bond acceptors (Lipinski definition) is 7. The third-order valence-corrected chi connectivity index (χ3v) is 14.4. The first-order valence-electron chi connectivity index (χ1n) is 21.1. The zero-order chi connectivity index (χ0) is 46.1.